The molecule has 158 valence electrons. The van der Waals surface area contributed by atoms with Crippen molar-refractivity contribution in [1.82, 2.24) is 5.32 Å². The Labute approximate surface area is 170 Å². The molecule has 0 aliphatic carbocycles. The zero-order chi connectivity index (χ0) is 20.2. The van der Waals surface area contributed by atoms with Crippen molar-refractivity contribution in [2.75, 3.05) is 19.7 Å². The highest BCUT2D eigenvalue weighted by Gasteiger charge is 2.38. The first-order valence-electron chi connectivity index (χ1n) is 11.0. The number of aliphatic hydroxyl groups is 1. The number of carbonyl (C=O) groups excluding carboxylic acids is 1. The number of nitrogens with one attached hydrogen (secondary N) is 1. The number of hydrogen-bond donors (Lipinski definition) is 3. The van der Waals surface area contributed by atoms with Gasteiger partial charge in [0.1, 0.15) is 5.78 Å². The highest BCUT2D eigenvalue weighted by molar-refractivity contribution is 5.82. The molecule has 2 rings (SSSR count). The molecule has 1 fully saturated rings. The summed E-state index contributed by atoms with van der Waals surface area (Å²) in [5, 5.41) is 14.2. The van der Waals surface area contributed by atoms with Gasteiger partial charge in [0.05, 0.1) is 24.7 Å². The van der Waals surface area contributed by atoms with Gasteiger partial charge in [-0.25, -0.2) is 0 Å². The zero-order valence-electron chi connectivity index (χ0n) is 17.3. The monoisotopic (exact) mass is 390 g/mol. The largest absolute Gasteiger partial charge is 0.388 e. The predicted molar refractivity (Wildman–Crippen MR) is 113 cm³/mol. The van der Waals surface area contributed by atoms with E-state index in [0.717, 1.165) is 24.9 Å². The molecule has 1 heterocycles. The van der Waals surface area contributed by atoms with Crippen LogP contribution in [0, 0.1) is 5.92 Å². The quantitative estimate of drug-likeness (QED) is 0.450. The number of ether oxygens (including phenoxy) is 1. The first-order chi connectivity index (χ1) is 13.6. The summed E-state index contributed by atoms with van der Waals surface area (Å²) in [6, 6.07) is 8.83. The summed E-state index contributed by atoms with van der Waals surface area (Å²) in [6.45, 7) is 4.20. The van der Waals surface area contributed by atoms with E-state index in [1.165, 1.54) is 32.1 Å². The molecular weight excluding hydrogens is 352 g/mol. The molecule has 4 atom stereocenters. The summed E-state index contributed by atoms with van der Waals surface area (Å²) in [5.74, 6) is -0.598. The lowest BCUT2D eigenvalue weighted by Gasteiger charge is -2.35. The van der Waals surface area contributed by atoms with Gasteiger partial charge >= 0.3 is 0 Å². The number of hydrogen-bond acceptors (Lipinski definition) is 5. The van der Waals surface area contributed by atoms with Crippen molar-refractivity contribution in [2.45, 2.75) is 76.5 Å². The molecule has 1 aliphatic heterocycles. The lowest BCUT2D eigenvalue weighted by atomic mass is 9.81. The Morgan fingerprint density at radius 1 is 1.18 bits per heavy atom. The van der Waals surface area contributed by atoms with Gasteiger partial charge in [-0.2, -0.15) is 0 Å². The van der Waals surface area contributed by atoms with Gasteiger partial charge in [0, 0.05) is 25.6 Å². The fourth-order valence-electron chi connectivity index (χ4n) is 3.95. The van der Waals surface area contributed by atoms with E-state index < -0.39 is 18.1 Å². The fourth-order valence-corrected chi connectivity index (χ4v) is 3.95. The maximum absolute atomic E-state index is 13.1. The molecule has 5 nitrogen and oxygen atoms in total. The van der Waals surface area contributed by atoms with Crippen LogP contribution in [0.1, 0.15) is 70.0 Å². The van der Waals surface area contributed by atoms with Gasteiger partial charge in [0.2, 0.25) is 0 Å². The molecular formula is C23H38N2O3. The normalized spacial score (nSPS) is 20.5. The number of Topliss-reactive ketones (excluding diaryl/α,β-unsaturated/α-hetero) is 1. The fraction of sp³-hybridized carbons (Fsp3) is 0.696. The SMILES string of the molecule is CCCCCCCCCC(=O)C(C(O)c1ccccc1)C(N)C1CNCCO1. The van der Waals surface area contributed by atoms with Crippen molar-refractivity contribution in [2.24, 2.45) is 11.7 Å². The van der Waals surface area contributed by atoms with E-state index in [9.17, 15) is 9.90 Å². The first kappa shape index (κ1) is 23.0. The topological polar surface area (TPSA) is 84.6 Å². The first-order valence-corrected chi connectivity index (χ1v) is 11.0. The van der Waals surface area contributed by atoms with Crippen molar-refractivity contribution in [3.63, 3.8) is 0 Å². The lowest BCUT2D eigenvalue weighted by Crippen LogP contribution is -2.54. The van der Waals surface area contributed by atoms with E-state index in [1.54, 1.807) is 0 Å². The molecule has 1 aromatic rings. The molecule has 4 N–H and O–H groups in total. The van der Waals surface area contributed by atoms with Crippen molar-refractivity contribution in [3.8, 4) is 0 Å². The second-order valence-corrected chi connectivity index (χ2v) is 7.91. The van der Waals surface area contributed by atoms with Crippen molar-refractivity contribution < 1.29 is 14.6 Å². The van der Waals surface area contributed by atoms with Gasteiger partial charge in [-0.05, 0) is 12.0 Å². The van der Waals surface area contributed by atoms with E-state index >= 15 is 0 Å². The summed E-state index contributed by atoms with van der Waals surface area (Å²) in [5.41, 5.74) is 7.21. The van der Waals surface area contributed by atoms with E-state index in [-0.39, 0.29) is 11.9 Å². The van der Waals surface area contributed by atoms with Gasteiger partial charge < -0.3 is 20.9 Å². The molecule has 0 spiro atoms. The minimum atomic E-state index is -0.904. The molecule has 0 amide bonds. The van der Waals surface area contributed by atoms with E-state index in [4.69, 9.17) is 10.5 Å². The minimum Gasteiger partial charge on any atom is -0.388 e. The number of benzene rings is 1. The third-order valence-electron chi connectivity index (χ3n) is 5.68. The molecule has 1 saturated heterocycles. The Hall–Kier alpha value is -1.27. The molecule has 28 heavy (non-hydrogen) atoms. The Bertz CT molecular complexity index is 546. The minimum absolute atomic E-state index is 0.0478. The molecule has 1 aliphatic rings. The third-order valence-corrected chi connectivity index (χ3v) is 5.68. The Kier molecular flexibility index (Phi) is 10.7. The van der Waals surface area contributed by atoms with Crippen LogP contribution in [0.25, 0.3) is 0 Å². The summed E-state index contributed by atoms with van der Waals surface area (Å²) >= 11 is 0. The lowest BCUT2D eigenvalue weighted by molar-refractivity contribution is -0.130. The predicted octanol–water partition coefficient (Wildman–Crippen LogP) is 3.36. The van der Waals surface area contributed by atoms with Crippen molar-refractivity contribution in [1.29, 1.82) is 0 Å². The number of aliphatic hydroxyl groups excluding tert-OH is 1. The molecule has 0 saturated carbocycles. The van der Waals surface area contributed by atoms with Gasteiger partial charge in [-0.15, -0.1) is 0 Å². The summed E-state index contributed by atoms with van der Waals surface area (Å²) in [4.78, 5) is 13.1. The van der Waals surface area contributed by atoms with E-state index in [0.29, 0.717) is 19.6 Å². The van der Waals surface area contributed by atoms with Crippen LogP contribution in [-0.2, 0) is 9.53 Å². The summed E-state index contributed by atoms with van der Waals surface area (Å²) < 4.78 is 5.79. The molecule has 4 unspecified atom stereocenters. The number of ketones is 1. The smallest absolute Gasteiger partial charge is 0.140 e. The average molecular weight is 391 g/mol. The van der Waals surface area contributed by atoms with Gasteiger partial charge in [-0.3, -0.25) is 4.79 Å². The summed E-state index contributed by atoms with van der Waals surface area (Å²) in [6.07, 6.45) is 7.43. The van der Waals surface area contributed by atoms with Crippen LogP contribution in [-0.4, -0.2) is 42.7 Å². The van der Waals surface area contributed by atoms with Crippen molar-refractivity contribution in [3.05, 3.63) is 35.9 Å². The van der Waals surface area contributed by atoms with Gasteiger partial charge in [0.15, 0.2) is 0 Å². The van der Waals surface area contributed by atoms with Gasteiger partial charge in [-0.1, -0.05) is 75.8 Å². The Morgan fingerprint density at radius 3 is 2.50 bits per heavy atom. The van der Waals surface area contributed by atoms with Gasteiger partial charge in [0.25, 0.3) is 0 Å². The average Bonchev–Trinajstić information content (AvgIpc) is 2.74. The highest BCUT2D eigenvalue weighted by atomic mass is 16.5. The van der Waals surface area contributed by atoms with Crippen LogP contribution in [0.15, 0.2) is 30.3 Å². The Balaban J connectivity index is 1.95. The molecule has 0 radical (unpaired) electrons. The number of carbonyl (C=O) groups is 1. The number of morpholine rings is 1. The molecule has 1 aromatic carbocycles. The zero-order valence-corrected chi connectivity index (χ0v) is 17.3. The standard InChI is InChI=1S/C23H38N2O3/c1-2-3-4-5-6-7-11-14-19(26)21(22(24)20-17-25-15-16-28-20)23(27)18-12-9-8-10-13-18/h8-10,12-13,20-23,25,27H,2-7,11,14-17,24H2,1H3. The Morgan fingerprint density at radius 2 is 1.86 bits per heavy atom. The van der Waals surface area contributed by atoms with Crippen LogP contribution in [0.5, 0.6) is 0 Å². The molecule has 0 aromatic heterocycles. The maximum Gasteiger partial charge on any atom is 0.140 e. The maximum atomic E-state index is 13.1. The van der Waals surface area contributed by atoms with Crippen LogP contribution in [0.2, 0.25) is 0 Å². The van der Waals surface area contributed by atoms with Crippen LogP contribution in [0.3, 0.4) is 0 Å². The number of rotatable bonds is 13. The van der Waals surface area contributed by atoms with Crippen LogP contribution < -0.4 is 11.1 Å². The number of nitrogens with two attached hydrogens (primary N) is 1. The summed E-state index contributed by atoms with van der Waals surface area (Å²) in [7, 11) is 0. The van der Waals surface area contributed by atoms with Crippen LogP contribution >= 0.6 is 0 Å². The number of unbranched alkanes of at least 4 members (excludes halogenated alkanes) is 6. The molecule has 0 bridgehead atoms. The van der Waals surface area contributed by atoms with Crippen molar-refractivity contribution >= 4 is 5.78 Å². The molecule has 5 heteroatoms. The third kappa shape index (κ3) is 7.28. The second-order valence-electron chi connectivity index (χ2n) is 7.91. The second kappa shape index (κ2) is 13.0. The van der Waals surface area contributed by atoms with Crippen LogP contribution in [0.4, 0.5) is 0 Å². The van der Waals surface area contributed by atoms with E-state index in [1.807, 2.05) is 30.3 Å². The van der Waals surface area contributed by atoms with E-state index in [2.05, 4.69) is 12.2 Å². The highest BCUT2D eigenvalue weighted by Crippen LogP contribution is 2.29.